The number of allylic oxidation sites excluding steroid dienone is 3. The molecule has 2 unspecified atom stereocenters. The molecule has 0 spiro atoms. The number of aliphatic hydroxyl groups is 2. The maximum absolute atomic E-state index is 12.4. The number of rotatable bonds is 59. The molecule has 0 saturated heterocycles. The Balaban J connectivity index is 3.32. The number of carbonyl (C=O) groups excluding carboxylic acids is 2. The smallest absolute Gasteiger partial charge is 0.305 e. The van der Waals surface area contributed by atoms with Gasteiger partial charge in [0.25, 0.3) is 0 Å². The van der Waals surface area contributed by atoms with E-state index in [4.69, 9.17) is 4.74 Å². The number of aliphatic hydroxyl groups excluding tert-OH is 2. The molecule has 0 saturated carbocycles. The lowest BCUT2D eigenvalue weighted by molar-refractivity contribution is -0.143. The fourth-order valence-electron chi connectivity index (χ4n) is 9.85. The lowest BCUT2D eigenvalue weighted by atomic mass is 10.0. The van der Waals surface area contributed by atoms with Crippen molar-refractivity contribution in [3.05, 3.63) is 24.3 Å². The monoisotopic (exact) mass is 986 g/mol. The molecule has 0 heterocycles. The zero-order chi connectivity index (χ0) is 50.7. The summed E-state index contributed by atoms with van der Waals surface area (Å²) in [5.74, 6) is -0.0546. The van der Waals surface area contributed by atoms with Crippen molar-refractivity contribution in [3.63, 3.8) is 0 Å². The van der Waals surface area contributed by atoms with Crippen molar-refractivity contribution in [2.24, 2.45) is 0 Å². The first-order valence-corrected chi connectivity index (χ1v) is 31.6. The summed E-state index contributed by atoms with van der Waals surface area (Å²) in [6.45, 7) is 4.87. The van der Waals surface area contributed by atoms with Gasteiger partial charge in [-0.15, -0.1) is 0 Å². The molecule has 0 fully saturated rings. The van der Waals surface area contributed by atoms with Gasteiger partial charge in [0.05, 0.1) is 25.4 Å². The van der Waals surface area contributed by atoms with Crippen LogP contribution in [-0.2, 0) is 14.3 Å². The Morgan fingerprint density at radius 3 is 1.06 bits per heavy atom. The molecule has 70 heavy (non-hydrogen) atoms. The Kier molecular flexibility index (Phi) is 58.5. The predicted octanol–water partition coefficient (Wildman–Crippen LogP) is 19.8. The first-order chi connectivity index (χ1) is 34.5. The second kappa shape index (κ2) is 59.9. The highest BCUT2D eigenvalue weighted by molar-refractivity contribution is 5.76. The van der Waals surface area contributed by atoms with Crippen molar-refractivity contribution in [2.45, 2.75) is 360 Å². The molecule has 1 amide bonds. The van der Waals surface area contributed by atoms with E-state index in [0.29, 0.717) is 19.4 Å². The Morgan fingerprint density at radius 1 is 0.386 bits per heavy atom. The summed E-state index contributed by atoms with van der Waals surface area (Å²) < 4.78 is 5.46. The summed E-state index contributed by atoms with van der Waals surface area (Å²) in [5.41, 5.74) is 0. The number of hydrogen-bond donors (Lipinski definition) is 3. The second-order valence-electron chi connectivity index (χ2n) is 21.7. The van der Waals surface area contributed by atoms with Gasteiger partial charge in [-0.3, -0.25) is 9.59 Å². The molecule has 6 nitrogen and oxygen atoms in total. The van der Waals surface area contributed by atoms with Crippen LogP contribution in [0.5, 0.6) is 0 Å². The van der Waals surface area contributed by atoms with E-state index in [1.165, 1.54) is 276 Å². The summed E-state index contributed by atoms with van der Waals surface area (Å²) in [7, 11) is 0. The molecule has 0 aliphatic carbocycles. The minimum absolute atomic E-state index is 0.00929. The molecular weight excluding hydrogens is 863 g/mol. The molecular formula is C64H123NO5. The molecule has 0 rings (SSSR count). The molecule has 2 atom stereocenters. The summed E-state index contributed by atoms with van der Waals surface area (Å²) >= 11 is 0. The average Bonchev–Trinajstić information content (AvgIpc) is 3.36. The van der Waals surface area contributed by atoms with Gasteiger partial charge in [0, 0.05) is 12.8 Å². The third kappa shape index (κ3) is 55.7. The van der Waals surface area contributed by atoms with E-state index in [0.717, 1.165) is 44.9 Å². The van der Waals surface area contributed by atoms with Crippen LogP contribution in [0.3, 0.4) is 0 Å². The molecule has 0 aromatic heterocycles. The van der Waals surface area contributed by atoms with Crippen LogP contribution >= 0.6 is 0 Å². The number of ether oxygens (including phenoxy) is 1. The van der Waals surface area contributed by atoms with Crippen molar-refractivity contribution in [3.8, 4) is 0 Å². The van der Waals surface area contributed by atoms with E-state index in [1.54, 1.807) is 6.08 Å². The molecule has 0 aromatic carbocycles. The molecule has 0 bridgehead atoms. The summed E-state index contributed by atoms with van der Waals surface area (Å²) in [5, 5.41) is 23.0. The zero-order valence-corrected chi connectivity index (χ0v) is 47.3. The number of carbonyl (C=O) groups is 2. The van der Waals surface area contributed by atoms with E-state index in [2.05, 4.69) is 31.3 Å². The second-order valence-corrected chi connectivity index (χ2v) is 21.7. The normalized spacial score (nSPS) is 12.7. The van der Waals surface area contributed by atoms with Gasteiger partial charge in [-0.1, -0.05) is 308 Å². The van der Waals surface area contributed by atoms with E-state index < -0.39 is 12.1 Å². The van der Waals surface area contributed by atoms with Gasteiger partial charge >= 0.3 is 5.97 Å². The maximum Gasteiger partial charge on any atom is 0.305 e. The summed E-state index contributed by atoms with van der Waals surface area (Å²) in [6, 6.07) is -0.622. The van der Waals surface area contributed by atoms with Gasteiger partial charge < -0.3 is 20.3 Å². The first kappa shape index (κ1) is 68.3. The minimum atomic E-state index is -0.839. The van der Waals surface area contributed by atoms with Gasteiger partial charge in [0.1, 0.15) is 0 Å². The molecule has 0 aromatic rings. The van der Waals surface area contributed by atoms with Crippen molar-refractivity contribution in [2.75, 3.05) is 13.2 Å². The van der Waals surface area contributed by atoms with Crippen molar-refractivity contribution in [1.29, 1.82) is 0 Å². The minimum Gasteiger partial charge on any atom is -0.466 e. The predicted molar refractivity (Wildman–Crippen MR) is 306 cm³/mol. The van der Waals surface area contributed by atoms with Crippen molar-refractivity contribution < 1.29 is 24.5 Å². The van der Waals surface area contributed by atoms with Crippen LogP contribution in [0.4, 0.5) is 0 Å². The molecule has 414 valence electrons. The highest BCUT2D eigenvalue weighted by atomic mass is 16.5. The largest absolute Gasteiger partial charge is 0.466 e. The lowest BCUT2D eigenvalue weighted by Crippen LogP contribution is -2.45. The fraction of sp³-hybridized carbons (Fsp3) is 0.906. The summed E-state index contributed by atoms with van der Waals surface area (Å²) in [4.78, 5) is 24.4. The van der Waals surface area contributed by atoms with Crippen molar-refractivity contribution >= 4 is 11.9 Å². The first-order valence-electron chi connectivity index (χ1n) is 31.6. The number of esters is 1. The Bertz CT molecular complexity index is 1090. The maximum atomic E-state index is 12.4. The lowest BCUT2D eigenvalue weighted by Gasteiger charge is -2.20. The number of unbranched alkanes of at least 4 members (excludes halogenated alkanes) is 46. The highest BCUT2D eigenvalue weighted by Gasteiger charge is 2.18. The van der Waals surface area contributed by atoms with E-state index >= 15 is 0 Å². The molecule has 0 aliphatic rings. The van der Waals surface area contributed by atoms with Crippen LogP contribution in [-0.4, -0.2) is 47.4 Å². The Hall–Kier alpha value is -1.66. The zero-order valence-electron chi connectivity index (χ0n) is 47.3. The van der Waals surface area contributed by atoms with Gasteiger partial charge in [0.15, 0.2) is 0 Å². The van der Waals surface area contributed by atoms with Crippen LogP contribution in [0.1, 0.15) is 348 Å². The van der Waals surface area contributed by atoms with Gasteiger partial charge in [-0.25, -0.2) is 0 Å². The van der Waals surface area contributed by atoms with E-state index in [1.807, 2.05) is 6.08 Å². The SMILES string of the molecule is CCCC/C=C\CCCCCCCC(=O)OCCCCCCCCCCCCCCCCCCCCCCCCCCCCCCCCCC(=O)NC(CO)C(O)/C=C/CCCCCCCCCCC. The fourth-order valence-corrected chi connectivity index (χ4v) is 9.85. The highest BCUT2D eigenvalue weighted by Crippen LogP contribution is 2.18. The van der Waals surface area contributed by atoms with Crippen LogP contribution in [0, 0.1) is 0 Å². The van der Waals surface area contributed by atoms with Crippen LogP contribution < -0.4 is 5.32 Å². The van der Waals surface area contributed by atoms with Crippen LogP contribution in [0.25, 0.3) is 0 Å². The Labute approximate surface area is 437 Å². The third-order valence-corrected chi connectivity index (χ3v) is 14.7. The Morgan fingerprint density at radius 2 is 0.686 bits per heavy atom. The molecule has 0 aliphatic heterocycles. The number of nitrogens with one attached hydrogen (secondary N) is 1. The molecule has 0 radical (unpaired) electrons. The third-order valence-electron chi connectivity index (χ3n) is 14.7. The van der Waals surface area contributed by atoms with Crippen LogP contribution in [0.2, 0.25) is 0 Å². The van der Waals surface area contributed by atoms with Gasteiger partial charge in [-0.05, 0) is 51.4 Å². The van der Waals surface area contributed by atoms with E-state index in [-0.39, 0.29) is 18.5 Å². The average molecular weight is 987 g/mol. The quantitative estimate of drug-likeness (QED) is 0.0321. The van der Waals surface area contributed by atoms with Crippen molar-refractivity contribution in [1.82, 2.24) is 5.32 Å². The number of hydrogen-bond acceptors (Lipinski definition) is 5. The topological polar surface area (TPSA) is 95.9 Å². The van der Waals surface area contributed by atoms with Gasteiger partial charge in [-0.2, -0.15) is 0 Å². The molecule has 6 heteroatoms. The van der Waals surface area contributed by atoms with Gasteiger partial charge in [0.2, 0.25) is 5.91 Å². The summed E-state index contributed by atoms with van der Waals surface area (Å²) in [6.07, 6.45) is 73.9. The molecule has 3 N–H and O–H groups in total. The standard InChI is InChI=1S/C64H123NO5/c1-3-5-7-9-11-13-36-40-44-48-52-56-62(67)61(60-66)65-63(68)57-53-49-45-41-38-34-32-30-28-26-24-22-20-18-16-15-17-19-21-23-25-27-29-31-33-35-39-43-47-51-55-59-70-64(69)58-54-50-46-42-37-14-12-10-8-6-4-2/h10,12,52,56,61-62,66-67H,3-9,11,13-51,53-55,57-60H2,1-2H3,(H,65,68)/b12-10-,56-52+. The number of amides is 1. The van der Waals surface area contributed by atoms with Crippen LogP contribution in [0.15, 0.2) is 24.3 Å². The van der Waals surface area contributed by atoms with E-state index in [9.17, 15) is 19.8 Å².